The quantitative estimate of drug-likeness (QED) is 0.621. The van der Waals surface area contributed by atoms with Crippen molar-refractivity contribution >= 4 is 27.9 Å². The van der Waals surface area contributed by atoms with Gasteiger partial charge in [0.15, 0.2) is 0 Å². The van der Waals surface area contributed by atoms with E-state index in [1.54, 1.807) is 42.5 Å². The number of carboxylic acid groups (broad SMARTS) is 1. The third-order valence-electron chi connectivity index (χ3n) is 5.17. The van der Waals surface area contributed by atoms with Crippen LogP contribution in [0, 0.1) is 6.92 Å². The number of nitrogens with one attached hydrogen (secondary N) is 1. The molecule has 0 saturated carbocycles. The van der Waals surface area contributed by atoms with E-state index in [0.29, 0.717) is 0 Å². The first-order valence-electron chi connectivity index (χ1n) is 9.68. The number of carbonyl (C=O) groups is 1. The lowest BCUT2D eigenvalue weighted by molar-refractivity contribution is -0.132. The van der Waals surface area contributed by atoms with E-state index in [2.05, 4.69) is 4.98 Å². The number of nitrogens with zero attached hydrogens (tertiary/aromatic N) is 2. The largest absolute Gasteiger partial charge is 0.478 e. The summed E-state index contributed by atoms with van der Waals surface area (Å²) in [6.45, 7) is 1.55. The highest BCUT2D eigenvalue weighted by atomic mass is 32.2. The van der Waals surface area contributed by atoms with Gasteiger partial charge in [0.2, 0.25) is 0 Å². The molecule has 1 aromatic heterocycles. The smallest absolute Gasteiger partial charge is 0.334 e. The van der Waals surface area contributed by atoms with E-state index >= 15 is 0 Å². The lowest BCUT2D eigenvalue weighted by atomic mass is 10.1. The Bertz CT molecular complexity index is 1450. The lowest BCUT2D eigenvalue weighted by Crippen LogP contribution is -2.40. The van der Waals surface area contributed by atoms with Crippen molar-refractivity contribution in [2.24, 2.45) is 0 Å². The van der Waals surface area contributed by atoms with E-state index in [1.165, 1.54) is 12.1 Å². The summed E-state index contributed by atoms with van der Waals surface area (Å²) in [6.07, 6.45) is 0.974. The zero-order chi connectivity index (χ0) is 23.0. The first-order chi connectivity index (χ1) is 15.2. The van der Waals surface area contributed by atoms with Crippen LogP contribution < -0.4 is 15.6 Å². The molecular weight excluding hydrogens is 434 g/mol. The van der Waals surface area contributed by atoms with Crippen molar-refractivity contribution in [1.82, 2.24) is 9.55 Å². The predicted molar refractivity (Wildman–Crippen MR) is 119 cm³/mol. The Hall–Kier alpha value is -3.92. The summed E-state index contributed by atoms with van der Waals surface area (Å²) in [5.41, 5.74) is -0.898. The number of H-pyrrole nitrogens is 1. The van der Waals surface area contributed by atoms with Gasteiger partial charge in [0.1, 0.15) is 5.82 Å². The summed E-state index contributed by atoms with van der Waals surface area (Å²) < 4.78 is 28.5. The number of hydrogen-bond donors (Lipinski definition) is 2. The molecule has 1 aliphatic heterocycles. The van der Waals surface area contributed by atoms with Crippen LogP contribution in [0.1, 0.15) is 17.5 Å². The normalized spacial score (nSPS) is 13.8. The van der Waals surface area contributed by atoms with E-state index in [-0.39, 0.29) is 40.5 Å². The van der Waals surface area contributed by atoms with Crippen molar-refractivity contribution in [3.05, 3.63) is 92.1 Å². The van der Waals surface area contributed by atoms with Gasteiger partial charge in [0.25, 0.3) is 15.6 Å². The van der Waals surface area contributed by atoms with Gasteiger partial charge in [0.05, 0.1) is 16.1 Å². The summed E-state index contributed by atoms with van der Waals surface area (Å²) in [4.78, 5) is 40.3. The van der Waals surface area contributed by atoms with E-state index in [1.807, 2.05) is 6.92 Å². The third-order valence-corrected chi connectivity index (χ3v) is 6.98. The molecule has 0 radical (unpaired) electrons. The number of anilines is 1. The van der Waals surface area contributed by atoms with E-state index in [4.69, 9.17) is 0 Å². The minimum atomic E-state index is -4.19. The zero-order valence-corrected chi connectivity index (χ0v) is 17.8. The number of aryl methyl sites for hydroxylation is 1. The second kappa shape index (κ2) is 7.97. The molecule has 1 aliphatic rings. The molecular formula is C22H19N3O6S. The summed E-state index contributed by atoms with van der Waals surface area (Å²) in [5, 5.41) is 9.54. The molecule has 0 atom stereocenters. The Morgan fingerprint density at radius 3 is 2.31 bits per heavy atom. The Morgan fingerprint density at radius 2 is 1.69 bits per heavy atom. The van der Waals surface area contributed by atoms with Crippen LogP contribution in [0.5, 0.6) is 0 Å². The molecule has 4 rings (SSSR count). The van der Waals surface area contributed by atoms with Crippen LogP contribution in [0.2, 0.25) is 0 Å². The maximum Gasteiger partial charge on any atom is 0.334 e. The first-order valence-corrected chi connectivity index (χ1v) is 11.1. The van der Waals surface area contributed by atoms with Gasteiger partial charge in [-0.25, -0.2) is 22.6 Å². The van der Waals surface area contributed by atoms with Gasteiger partial charge in [-0.15, -0.1) is 0 Å². The fourth-order valence-electron chi connectivity index (χ4n) is 3.50. The highest BCUT2D eigenvalue weighted by Crippen LogP contribution is 2.29. The molecule has 0 fully saturated rings. The number of fused-ring (bicyclic) bond motifs is 1. The Labute approximate surface area is 182 Å². The van der Waals surface area contributed by atoms with Crippen LogP contribution >= 0.6 is 0 Å². The van der Waals surface area contributed by atoms with E-state index in [9.17, 15) is 27.9 Å². The van der Waals surface area contributed by atoms with Gasteiger partial charge in [-0.05, 0) is 43.7 Å². The summed E-state index contributed by atoms with van der Waals surface area (Å²) in [6, 6.07) is 14.2. The molecule has 0 spiro atoms. The molecule has 0 unspecified atom stereocenters. The number of aliphatic carboxylic acids is 1. The molecule has 2 N–H and O–H groups in total. The number of sulfonamides is 1. The molecule has 0 amide bonds. The van der Waals surface area contributed by atoms with Gasteiger partial charge in [-0.3, -0.25) is 14.1 Å². The summed E-state index contributed by atoms with van der Waals surface area (Å²) in [5.74, 6) is -1.54. The number of carboxylic acids is 1. The van der Waals surface area contributed by atoms with Crippen molar-refractivity contribution < 1.29 is 18.3 Å². The highest BCUT2D eigenvalue weighted by molar-refractivity contribution is 7.92. The van der Waals surface area contributed by atoms with Crippen molar-refractivity contribution in [2.45, 2.75) is 18.2 Å². The molecule has 32 heavy (non-hydrogen) atoms. The number of rotatable bonds is 4. The monoisotopic (exact) mass is 453 g/mol. The maximum absolute atomic E-state index is 13.4. The van der Waals surface area contributed by atoms with Crippen molar-refractivity contribution in [3.8, 4) is 5.69 Å². The fraction of sp³-hybridized carbons (Fsp3) is 0.136. The second-order valence-electron chi connectivity index (χ2n) is 7.28. The Balaban J connectivity index is 1.99. The molecule has 0 aliphatic carbocycles. The van der Waals surface area contributed by atoms with Gasteiger partial charge in [-0.2, -0.15) is 0 Å². The highest BCUT2D eigenvalue weighted by Gasteiger charge is 2.32. The average molecular weight is 453 g/mol. The predicted octanol–water partition coefficient (Wildman–Crippen LogP) is 1.90. The molecule has 2 heterocycles. The van der Waals surface area contributed by atoms with Crippen LogP contribution in [0.25, 0.3) is 11.8 Å². The van der Waals surface area contributed by atoms with Crippen LogP contribution in [0.15, 0.2) is 74.7 Å². The molecule has 9 nitrogen and oxygen atoms in total. The van der Waals surface area contributed by atoms with Crippen LogP contribution in [-0.2, 0) is 14.8 Å². The van der Waals surface area contributed by atoms with Crippen molar-refractivity contribution in [1.29, 1.82) is 0 Å². The number of aromatic nitrogens is 2. The number of para-hydroxylation sites is 1. The van der Waals surface area contributed by atoms with Crippen LogP contribution in [0.4, 0.5) is 5.82 Å². The minimum Gasteiger partial charge on any atom is -0.478 e. The topological polar surface area (TPSA) is 130 Å². The molecule has 2 aromatic carbocycles. The summed E-state index contributed by atoms with van der Waals surface area (Å²) in [7, 11) is -4.19. The first kappa shape index (κ1) is 21.3. The standard InChI is InChI=1S/C22H19N3O6S/c1-14-7-9-17(10-8-14)32(30,31)24-12-11-15(21(27)28)13-18-19(24)23-22(29)25(20(18)26)16-5-3-2-4-6-16/h2-10,13H,11-12H2,1H3,(H,23,29)(H,27,28). The minimum absolute atomic E-state index is 0.0408. The molecule has 0 saturated heterocycles. The molecule has 164 valence electrons. The third kappa shape index (κ3) is 3.65. The fourth-order valence-corrected chi connectivity index (χ4v) is 4.95. The van der Waals surface area contributed by atoms with Crippen molar-refractivity contribution in [2.75, 3.05) is 10.8 Å². The van der Waals surface area contributed by atoms with Crippen LogP contribution in [-0.4, -0.2) is 35.6 Å². The number of hydrogen-bond acceptors (Lipinski definition) is 5. The molecule has 3 aromatic rings. The van der Waals surface area contributed by atoms with Gasteiger partial charge in [0, 0.05) is 12.1 Å². The van der Waals surface area contributed by atoms with Crippen molar-refractivity contribution in [3.63, 3.8) is 0 Å². The number of aromatic amines is 1. The zero-order valence-electron chi connectivity index (χ0n) is 17.0. The number of benzene rings is 2. The average Bonchev–Trinajstić information content (AvgIpc) is 2.95. The maximum atomic E-state index is 13.4. The second-order valence-corrected chi connectivity index (χ2v) is 9.15. The van der Waals surface area contributed by atoms with Gasteiger partial charge < -0.3 is 5.11 Å². The lowest BCUT2D eigenvalue weighted by Gasteiger charge is -2.24. The van der Waals surface area contributed by atoms with E-state index < -0.39 is 27.2 Å². The SMILES string of the molecule is Cc1ccc(S(=O)(=O)N2CCC(C(=O)O)=Cc3c2[nH]c(=O)n(-c2ccccc2)c3=O)cc1. The van der Waals surface area contributed by atoms with Crippen LogP contribution in [0.3, 0.4) is 0 Å². The molecule has 0 bridgehead atoms. The Kier molecular flexibility index (Phi) is 5.31. The van der Waals surface area contributed by atoms with E-state index in [0.717, 1.165) is 20.5 Å². The van der Waals surface area contributed by atoms with Gasteiger partial charge >= 0.3 is 11.7 Å². The van der Waals surface area contributed by atoms with Gasteiger partial charge in [-0.1, -0.05) is 35.9 Å². The Morgan fingerprint density at radius 1 is 1.03 bits per heavy atom. The summed E-state index contributed by atoms with van der Waals surface area (Å²) >= 11 is 0. The molecule has 10 heteroatoms.